The van der Waals surface area contributed by atoms with E-state index in [1.165, 1.54) is 30.5 Å². The average Bonchev–Trinajstić information content (AvgIpc) is 2.65. The summed E-state index contributed by atoms with van der Waals surface area (Å²) >= 11 is 0. The molecular weight excluding hydrogens is 196 g/mol. The second kappa shape index (κ2) is 4.98. The van der Waals surface area contributed by atoms with Crippen LogP contribution in [-0.2, 0) is 0 Å². The maximum absolute atomic E-state index is 6.25. The van der Waals surface area contributed by atoms with Gasteiger partial charge in [0.05, 0.1) is 0 Å². The molecule has 1 aromatic rings. The van der Waals surface area contributed by atoms with Gasteiger partial charge in [0.15, 0.2) is 0 Å². The van der Waals surface area contributed by atoms with Crippen molar-refractivity contribution in [2.75, 3.05) is 13.1 Å². The van der Waals surface area contributed by atoms with Crippen LogP contribution in [0, 0.1) is 6.92 Å². The van der Waals surface area contributed by atoms with Gasteiger partial charge in [0, 0.05) is 18.6 Å². The summed E-state index contributed by atoms with van der Waals surface area (Å²) in [6, 6.07) is 9.45. The molecule has 2 N–H and O–H groups in total. The molecule has 0 saturated carbocycles. The molecule has 0 radical (unpaired) electrons. The Labute approximate surface area is 98.4 Å². The highest BCUT2D eigenvalue weighted by molar-refractivity contribution is 5.24. The Morgan fingerprint density at radius 3 is 2.62 bits per heavy atom. The third-order valence-electron chi connectivity index (χ3n) is 3.63. The molecule has 16 heavy (non-hydrogen) atoms. The fourth-order valence-corrected chi connectivity index (χ4v) is 2.44. The van der Waals surface area contributed by atoms with Gasteiger partial charge in [-0.25, -0.2) is 0 Å². The summed E-state index contributed by atoms with van der Waals surface area (Å²) in [5.74, 6) is 0. The van der Waals surface area contributed by atoms with Gasteiger partial charge in [-0.3, -0.25) is 4.90 Å². The highest BCUT2D eigenvalue weighted by Gasteiger charge is 2.22. The topological polar surface area (TPSA) is 29.3 Å². The van der Waals surface area contributed by atoms with Crippen molar-refractivity contribution in [1.82, 2.24) is 4.90 Å². The maximum Gasteiger partial charge on any atom is 0.0424 e. The van der Waals surface area contributed by atoms with Gasteiger partial charge in [-0.1, -0.05) is 29.8 Å². The molecule has 1 aromatic carbocycles. The fourth-order valence-electron chi connectivity index (χ4n) is 2.44. The molecule has 0 bridgehead atoms. The Morgan fingerprint density at radius 2 is 2.06 bits per heavy atom. The smallest absolute Gasteiger partial charge is 0.0424 e. The lowest BCUT2D eigenvalue weighted by molar-refractivity contribution is 0.252. The van der Waals surface area contributed by atoms with Gasteiger partial charge in [0.1, 0.15) is 0 Å². The maximum atomic E-state index is 6.25. The highest BCUT2D eigenvalue weighted by atomic mass is 15.2. The van der Waals surface area contributed by atoms with Crippen molar-refractivity contribution in [3.05, 3.63) is 35.4 Å². The van der Waals surface area contributed by atoms with Crippen LogP contribution in [-0.4, -0.2) is 24.0 Å². The van der Waals surface area contributed by atoms with E-state index in [4.69, 9.17) is 5.73 Å². The fraction of sp³-hybridized carbons (Fsp3) is 0.571. The quantitative estimate of drug-likeness (QED) is 0.844. The summed E-state index contributed by atoms with van der Waals surface area (Å²) in [4.78, 5) is 2.50. The standard InChI is InChI=1S/C14H22N2/c1-11-5-7-13(8-6-11)14(15)10-16-9-3-4-12(16)2/h5-8,12,14H,3-4,9-10,15H2,1-2H3. The molecular formula is C14H22N2. The van der Waals surface area contributed by atoms with Crippen LogP contribution in [0.3, 0.4) is 0 Å². The zero-order valence-corrected chi connectivity index (χ0v) is 10.3. The molecule has 2 nitrogen and oxygen atoms in total. The Balaban J connectivity index is 1.97. The first-order chi connectivity index (χ1) is 7.66. The van der Waals surface area contributed by atoms with Gasteiger partial charge in [0.2, 0.25) is 0 Å². The summed E-state index contributed by atoms with van der Waals surface area (Å²) in [6.07, 6.45) is 2.64. The van der Waals surface area contributed by atoms with Crippen molar-refractivity contribution < 1.29 is 0 Å². The van der Waals surface area contributed by atoms with E-state index in [9.17, 15) is 0 Å². The van der Waals surface area contributed by atoms with Crippen molar-refractivity contribution in [1.29, 1.82) is 0 Å². The monoisotopic (exact) mass is 218 g/mol. The Kier molecular flexibility index (Phi) is 3.62. The van der Waals surface area contributed by atoms with Gasteiger partial charge in [-0.2, -0.15) is 0 Å². The van der Waals surface area contributed by atoms with Crippen LogP contribution in [0.25, 0.3) is 0 Å². The zero-order valence-electron chi connectivity index (χ0n) is 10.3. The van der Waals surface area contributed by atoms with Crippen molar-refractivity contribution in [3.8, 4) is 0 Å². The Bertz CT molecular complexity index is 331. The number of hydrogen-bond donors (Lipinski definition) is 1. The molecule has 2 rings (SSSR count). The first-order valence-electron chi connectivity index (χ1n) is 6.23. The molecule has 1 aliphatic rings. The van der Waals surface area contributed by atoms with E-state index in [1.807, 2.05) is 0 Å². The summed E-state index contributed by atoms with van der Waals surface area (Å²) in [7, 11) is 0. The first-order valence-corrected chi connectivity index (χ1v) is 6.23. The van der Waals surface area contributed by atoms with Gasteiger partial charge in [-0.05, 0) is 38.8 Å². The SMILES string of the molecule is Cc1ccc(C(N)CN2CCCC2C)cc1. The lowest BCUT2D eigenvalue weighted by Gasteiger charge is -2.25. The van der Waals surface area contributed by atoms with Crippen LogP contribution < -0.4 is 5.73 Å². The molecule has 88 valence electrons. The minimum atomic E-state index is 0.154. The van der Waals surface area contributed by atoms with Crippen LogP contribution in [0.1, 0.15) is 36.9 Å². The van der Waals surface area contributed by atoms with Crippen molar-refractivity contribution in [2.45, 2.75) is 38.8 Å². The van der Waals surface area contributed by atoms with Crippen LogP contribution in [0.15, 0.2) is 24.3 Å². The Morgan fingerprint density at radius 1 is 1.38 bits per heavy atom. The number of benzene rings is 1. The molecule has 0 spiro atoms. The Hall–Kier alpha value is -0.860. The molecule has 2 unspecified atom stereocenters. The summed E-state index contributed by atoms with van der Waals surface area (Å²) in [6.45, 7) is 6.61. The molecule has 0 amide bonds. The van der Waals surface area contributed by atoms with Crippen molar-refractivity contribution >= 4 is 0 Å². The van der Waals surface area contributed by atoms with Crippen LogP contribution in [0.5, 0.6) is 0 Å². The van der Waals surface area contributed by atoms with Crippen molar-refractivity contribution in [2.24, 2.45) is 5.73 Å². The van der Waals surface area contributed by atoms with E-state index >= 15 is 0 Å². The van der Waals surface area contributed by atoms with E-state index in [1.54, 1.807) is 0 Å². The largest absolute Gasteiger partial charge is 0.323 e. The number of likely N-dealkylation sites (tertiary alicyclic amines) is 1. The van der Waals surface area contributed by atoms with E-state index in [-0.39, 0.29) is 6.04 Å². The zero-order chi connectivity index (χ0) is 11.5. The predicted octanol–water partition coefficient (Wildman–Crippen LogP) is 2.48. The molecule has 1 fully saturated rings. The molecule has 1 heterocycles. The average molecular weight is 218 g/mol. The van der Waals surface area contributed by atoms with Crippen LogP contribution in [0.2, 0.25) is 0 Å². The van der Waals surface area contributed by atoms with Crippen LogP contribution >= 0.6 is 0 Å². The highest BCUT2D eigenvalue weighted by Crippen LogP contribution is 2.20. The third-order valence-corrected chi connectivity index (χ3v) is 3.63. The predicted molar refractivity (Wildman–Crippen MR) is 68.4 cm³/mol. The second-order valence-electron chi connectivity index (χ2n) is 5.00. The minimum absolute atomic E-state index is 0.154. The summed E-state index contributed by atoms with van der Waals surface area (Å²) in [5.41, 5.74) is 8.80. The molecule has 0 aromatic heterocycles. The normalized spacial score (nSPS) is 23.6. The summed E-state index contributed by atoms with van der Waals surface area (Å²) in [5, 5.41) is 0. The van der Waals surface area contributed by atoms with Gasteiger partial charge < -0.3 is 5.73 Å². The number of nitrogens with two attached hydrogens (primary N) is 1. The van der Waals surface area contributed by atoms with E-state index in [0.29, 0.717) is 6.04 Å². The molecule has 1 aliphatic heterocycles. The van der Waals surface area contributed by atoms with Gasteiger partial charge in [-0.15, -0.1) is 0 Å². The number of hydrogen-bond acceptors (Lipinski definition) is 2. The minimum Gasteiger partial charge on any atom is -0.323 e. The van der Waals surface area contributed by atoms with Crippen molar-refractivity contribution in [3.63, 3.8) is 0 Å². The molecule has 0 aliphatic carbocycles. The van der Waals surface area contributed by atoms with E-state index in [0.717, 1.165) is 6.54 Å². The molecule has 1 saturated heterocycles. The second-order valence-corrected chi connectivity index (χ2v) is 5.00. The first kappa shape index (κ1) is 11.6. The number of nitrogens with zero attached hydrogens (tertiary/aromatic N) is 1. The van der Waals surface area contributed by atoms with Gasteiger partial charge >= 0.3 is 0 Å². The van der Waals surface area contributed by atoms with E-state index in [2.05, 4.69) is 43.0 Å². The van der Waals surface area contributed by atoms with Crippen LogP contribution in [0.4, 0.5) is 0 Å². The lowest BCUT2D eigenvalue weighted by atomic mass is 10.1. The molecule has 2 atom stereocenters. The number of aryl methyl sites for hydroxylation is 1. The van der Waals surface area contributed by atoms with Gasteiger partial charge in [0.25, 0.3) is 0 Å². The lowest BCUT2D eigenvalue weighted by Crippen LogP contribution is -2.34. The molecule has 2 heteroatoms. The van der Waals surface area contributed by atoms with E-state index < -0.39 is 0 Å². The summed E-state index contributed by atoms with van der Waals surface area (Å²) < 4.78 is 0. The third kappa shape index (κ3) is 2.63. The number of rotatable bonds is 3.